The smallest absolute Gasteiger partial charge is 0.159 e. The van der Waals surface area contributed by atoms with Gasteiger partial charge in [0, 0.05) is 13.0 Å². The molecule has 0 saturated heterocycles. The lowest BCUT2D eigenvalue weighted by Gasteiger charge is -1.95. The highest BCUT2D eigenvalue weighted by Gasteiger charge is 1.99. The van der Waals surface area contributed by atoms with Gasteiger partial charge in [0.15, 0.2) is 5.78 Å². The van der Waals surface area contributed by atoms with Gasteiger partial charge in [-0.2, -0.15) is 0 Å². The van der Waals surface area contributed by atoms with Gasteiger partial charge in [0.1, 0.15) is 0 Å². The zero-order chi connectivity index (χ0) is 7.28. The molecule has 0 spiro atoms. The van der Waals surface area contributed by atoms with Gasteiger partial charge < -0.3 is 5.32 Å². The number of nitrogens with one attached hydrogen (secondary N) is 1. The van der Waals surface area contributed by atoms with Gasteiger partial charge in [-0.1, -0.05) is 13.8 Å². The summed E-state index contributed by atoms with van der Waals surface area (Å²) in [5.74, 6) is 0.263. The first kappa shape index (κ1) is 8.21. The Hall–Kier alpha value is -0.790. The maximum atomic E-state index is 10.8. The van der Waals surface area contributed by atoms with E-state index in [0.717, 1.165) is 0 Å². The predicted octanol–water partition coefficient (Wildman–Crippen LogP) is 0.945. The van der Waals surface area contributed by atoms with Crippen molar-refractivity contribution in [1.82, 2.24) is 5.32 Å². The standard InChI is InChI=1S/C7H13NO/c1-6(2)7(9)4-5-8-3/h4-6,8H,1-3H3. The van der Waals surface area contributed by atoms with Crippen LogP contribution in [-0.4, -0.2) is 12.8 Å². The third-order valence-electron chi connectivity index (χ3n) is 0.983. The summed E-state index contributed by atoms with van der Waals surface area (Å²) in [4.78, 5) is 10.8. The molecule has 0 aromatic heterocycles. The molecule has 0 aliphatic heterocycles. The van der Waals surface area contributed by atoms with Gasteiger partial charge in [0.2, 0.25) is 0 Å². The molecule has 0 aliphatic rings. The molecule has 0 heterocycles. The van der Waals surface area contributed by atoms with E-state index in [1.807, 2.05) is 13.8 Å². The minimum absolute atomic E-state index is 0.106. The molecule has 2 nitrogen and oxygen atoms in total. The van der Waals surface area contributed by atoms with Gasteiger partial charge in [-0.15, -0.1) is 0 Å². The number of hydrogen-bond donors (Lipinski definition) is 1. The zero-order valence-electron chi connectivity index (χ0n) is 6.14. The van der Waals surface area contributed by atoms with Crippen molar-refractivity contribution in [3.63, 3.8) is 0 Å². The lowest BCUT2D eigenvalue weighted by molar-refractivity contribution is -0.117. The molecule has 0 saturated carbocycles. The average molecular weight is 127 g/mol. The van der Waals surface area contributed by atoms with Crippen molar-refractivity contribution < 1.29 is 4.79 Å². The van der Waals surface area contributed by atoms with E-state index in [1.54, 1.807) is 19.3 Å². The lowest BCUT2D eigenvalue weighted by atomic mass is 10.1. The summed E-state index contributed by atoms with van der Waals surface area (Å²) in [6, 6.07) is 0. The monoisotopic (exact) mass is 127 g/mol. The number of carbonyl (C=O) groups is 1. The van der Waals surface area contributed by atoms with Crippen LogP contribution in [0.5, 0.6) is 0 Å². The second-order valence-electron chi connectivity index (χ2n) is 2.18. The maximum Gasteiger partial charge on any atom is 0.159 e. The van der Waals surface area contributed by atoms with Crippen molar-refractivity contribution in [3.05, 3.63) is 12.3 Å². The van der Waals surface area contributed by atoms with Crippen LogP contribution in [0.25, 0.3) is 0 Å². The molecule has 0 radical (unpaired) electrons. The third kappa shape index (κ3) is 3.76. The Balaban J connectivity index is 3.63. The largest absolute Gasteiger partial charge is 0.394 e. The molecule has 0 aromatic carbocycles. The summed E-state index contributed by atoms with van der Waals surface area (Å²) in [6.07, 6.45) is 3.19. The molecular weight excluding hydrogens is 114 g/mol. The summed E-state index contributed by atoms with van der Waals surface area (Å²) in [7, 11) is 1.77. The lowest BCUT2D eigenvalue weighted by Crippen LogP contribution is -2.04. The molecule has 0 amide bonds. The van der Waals surface area contributed by atoms with Crippen molar-refractivity contribution in [2.45, 2.75) is 13.8 Å². The van der Waals surface area contributed by atoms with Gasteiger partial charge >= 0.3 is 0 Å². The SMILES string of the molecule is CNC=CC(=O)C(C)C. The van der Waals surface area contributed by atoms with Crippen LogP contribution >= 0.6 is 0 Å². The summed E-state index contributed by atoms with van der Waals surface area (Å²) >= 11 is 0. The molecular formula is C7H13NO. The van der Waals surface area contributed by atoms with Crippen LogP contribution < -0.4 is 5.32 Å². The van der Waals surface area contributed by atoms with Crippen molar-refractivity contribution in [2.24, 2.45) is 5.92 Å². The molecule has 1 N–H and O–H groups in total. The normalized spacial score (nSPS) is 10.7. The summed E-state index contributed by atoms with van der Waals surface area (Å²) in [5.41, 5.74) is 0. The third-order valence-corrected chi connectivity index (χ3v) is 0.983. The van der Waals surface area contributed by atoms with E-state index < -0.39 is 0 Å². The molecule has 9 heavy (non-hydrogen) atoms. The van der Waals surface area contributed by atoms with Crippen LogP contribution in [0.1, 0.15) is 13.8 Å². The van der Waals surface area contributed by atoms with Crippen molar-refractivity contribution >= 4 is 5.78 Å². The number of hydrogen-bond acceptors (Lipinski definition) is 2. The van der Waals surface area contributed by atoms with Crippen LogP contribution in [0.15, 0.2) is 12.3 Å². The Morgan fingerprint density at radius 1 is 1.56 bits per heavy atom. The fourth-order valence-electron chi connectivity index (χ4n) is 0.358. The van der Waals surface area contributed by atoms with Crippen LogP contribution in [0.3, 0.4) is 0 Å². The number of carbonyl (C=O) groups excluding carboxylic acids is 1. The molecule has 0 unspecified atom stereocenters. The van der Waals surface area contributed by atoms with E-state index >= 15 is 0 Å². The second-order valence-corrected chi connectivity index (χ2v) is 2.18. The van der Waals surface area contributed by atoms with E-state index in [9.17, 15) is 4.79 Å². The molecule has 2 heteroatoms. The highest BCUT2D eigenvalue weighted by Crippen LogP contribution is 1.93. The Labute approximate surface area is 56.0 Å². The van der Waals surface area contributed by atoms with E-state index in [-0.39, 0.29) is 11.7 Å². The minimum atomic E-state index is 0.106. The quantitative estimate of drug-likeness (QED) is 0.572. The first-order valence-corrected chi connectivity index (χ1v) is 3.06. The zero-order valence-corrected chi connectivity index (χ0v) is 6.14. The first-order chi connectivity index (χ1) is 4.18. The van der Waals surface area contributed by atoms with Crippen LogP contribution in [0.2, 0.25) is 0 Å². The van der Waals surface area contributed by atoms with Gasteiger partial charge in [-0.05, 0) is 12.3 Å². The van der Waals surface area contributed by atoms with Gasteiger partial charge in [-0.25, -0.2) is 0 Å². The minimum Gasteiger partial charge on any atom is -0.394 e. The summed E-state index contributed by atoms with van der Waals surface area (Å²) in [5, 5.41) is 2.75. The molecule has 52 valence electrons. The maximum absolute atomic E-state index is 10.8. The fraction of sp³-hybridized carbons (Fsp3) is 0.571. The molecule has 0 atom stereocenters. The highest BCUT2D eigenvalue weighted by atomic mass is 16.1. The van der Waals surface area contributed by atoms with E-state index in [4.69, 9.17) is 0 Å². The second kappa shape index (κ2) is 4.13. The van der Waals surface area contributed by atoms with Crippen molar-refractivity contribution in [1.29, 1.82) is 0 Å². The number of rotatable bonds is 3. The van der Waals surface area contributed by atoms with Crippen molar-refractivity contribution in [2.75, 3.05) is 7.05 Å². The molecule has 0 aromatic rings. The van der Waals surface area contributed by atoms with Gasteiger partial charge in [-0.3, -0.25) is 4.79 Å². The predicted molar refractivity (Wildman–Crippen MR) is 38.0 cm³/mol. The average Bonchev–Trinajstić information content (AvgIpc) is 1.82. The van der Waals surface area contributed by atoms with E-state index in [2.05, 4.69) is 5.32 Å². The first-order valence-electron chi connectivity index (χ1n) is 3.06. The molecule has 0 bridgehead atoms. The molecule has 0 aliphatic carbocycles. The highest BCUT2D eigenvalue weighted by molar-refractivity contribution is 5.90. The topological polar surface area (TPSA) is 29.1 Å². The Morgan fingerprint density at radius 3 is 2.44 bits per heavy atom. The van der Waals surface area contributed by atoms with Gasteiger partial charge in [0.05, 0.1) is 0 Å². The summed E-state index contributed by atoms with van der Waals surface area (Å²) < 4.78 is 0. The Kier molecular flexibility index (Phi) is 3.76. The van der Waals surface area contributed by atoms with Crippen LogP contribution in [0, 0.1) is 5.92 Å². The molecule has 0 rings (SSSR count). The van der Waals surface area contributed by atoms with Crippen LogP contribution in [0.4, 0.5) is 0 Å². The van der Waals surface area contributed by atoms with Crippen LogP contribution in [-0.2, 0) is 4.79 Å². The van der Waals surface area contributed by atoms with Crippen molar-refractivity contribution in [3.8, 4) is 0 Å². The molecule has 0 fully saturated rings. The van der Waals surface area contributed by atoms with Gasteiger partial charge in [0.25, 0.3) is 0 Å². The van der Waals surface area contributed by atoms with E-state index in [1.165, 1.54) is 0 Å². The number of ketones is 1. The Morgan fingerprint density at radius 2 is 2.11 bits per heavy atom. The Bertz CT molecular complexity index is 116. The summed E-state index contributed by atoms with van der Waals surface area (Å²) in [6.45, 7) is 3.75. The fourth-order valence-corrected chi connectivity index (χ4v) is 0.358. The van der Waals surface area contributed by atoms with E-state index in [0.29, 0.717) is 0 Å². The number of allylic oxidation sites excluding steroid dienone is 1.